The fourth-order valence-electron chi connectivity index (χ4n) is 4.67. The Morgan fingerprint density at radius 1 is 0.946 bits per heavy atom. The largest absolute Gasteiger partial charge is 0.340 e. The summed E-state index contributed by atoms with van der Waals surface area (Å²) in [5.41, 5.74) is 4.59. The molecule has 0 atom stereocenters. The molecule has 6 heteroatoms. The molecule has 0 radical (unpaired) electrons. The van der Waals surface area contributed by atoms with Crippen LogP contribution in [-0.4, -0.2) is 35.0 Å². The third kappa shape index (κ3) is 6.38. The smallest absolute Gasteiger partial charge is 0.265 e. The van der Waals surface area contributed by atoms with Gasteiger partial charge in [0, 0.05) is 40.8 Å². The second-order valence-corrected chi connectivity index (χ2v) is 9.25. The minimum absolute atomic E-state index is 0.0848. The lowest BCUT2D eigenvalue weighted by atomic mass is 9.88. The Labute approximate surface area is 218 Å². The van der Waals surface area contributed by atoms with Gasteiger partial charge < -0.3 is 10.2 Å². The van der Waals surface area contributed by atoms with Gasteiger partial charge in [0.25, 0.3) is 6.43 Å². The van der Waals surface area contributed by atoms with E-state index in [4.69, 9.17) is 0 Å². The SMILES string of the molecule is C=C(Nc1cc2cc(-c3cncc(C(F)F)c3)ccc2cn1)c1cccc(C2CCN(C)CC2)c1.CC. The van der Waals surface area contributed by atoms with Crippen LogP contribution in [0.2, 0.25) is 0 Å². The maximum atomic E-state index is 13.1. The predicted octanol–water partition coefficient (Wildman–Crippen LogP) is 8.15. The van der Waals surface area contributed by atoms with Gasteiger partial charge in [0.15, 0.2) is 0 Å². The summed E-state index contributed by atoms with van der Waals surface area (Å²) < 4.78 is 26.2. The molecule has 2 aromatic carbocycles. The number of alkyl halides is 2. The first-order chi connectivity index (χ1) is 18.0. The molecular formula is C31H34F2N4. The third-order valence-corrected chi connectivity index (χ3v) is 6.77. The zero-order chi connectivity index (χ0) is 26.4. The van der Waals surface area contributed by atoms with Crippen LogP contribution in [0.25, 0.3) is 27.6 Å². The highest BCUT2D eigenvalue weighted by Gasteiger charge is 2.18. The van der Waals surface area contributed by atoms with Gasteiger partial charge in [-0.05, 0) is 85.2 Å². The molecule has 0 saturated carbocycles. The molecule has 0 bridgehead atoms. The van der Waals surface area contributed by atoms with Crippen molar-refractivity contribution < 1.29 is 8.78 Å². The van der Waals surface area contributed by atoms with Gasteiger partial charge in [0.05, 0.1) is 0 Å². The number of nitrogens with one attached hydrogen (secondary N) is 1. The fraction of sp³-hybridized carbons (Fsp3) is 0.290. The Hall–Kier alpha value is -3.64. The van der Waals surface area contributed by atoms with Crippen LogP contribution >= 0.6 is 0 Å². The lowest BCUT2D eigenvalue weighted by Gasteiger charge is -2.29. The highest BCUT2D eigenvalue weighted by molar-refractivity contribution is 5.89. The quantitative estimate of drug-likeness (QED) is 0.290. The van der Waals surface area contributed by atoms with E-state index in [1.54, 1.807) is 12.4 Å². The first-order valence-electron chi connectivity index (χ1n) is 12.8. The monoisotopic (exact) mass is 500 g/mol. The maximum absolute atomic E-state index is 13.1. The minimum Gasteiger partial charge on any atom is -0.340 e. The van der Waals surface area contributed by atoms with E-state index in [2.05, 4.69) is 58.1 Å². The van der Waals surface area contributed by atoms with Crippen LogP contribution in [0.1, 0.15) is 55.7 Å². The molecule has 4 nitrogen and oxygen atoms in total. The number of pyridine rings is 2. The molecule has 1 N–H and O–H groups in total. The first-order valence-corrected chi connectivity index (χ1v) is 12.8. The Balaban J connectivity index is 0.00000156. The van der Waals surface area contributed by atoms with Crippen molar-refractivity contribution in [2.75, 3.05) is 25.5 Å². The summed E-state index contributed by atoms with van der Waals surface area (Å²) in [7, 11) is 2.18. The number of likely N-dealkylation sites (tertiary alicyclic amines) is 1. The van der Waals surface area contributed by atoms with Gasteiger partial charge in [0.1, 0.15) is 5.82 Å². The Morgan fingerprint density at radius 2 is 1.73 bits per heavy atom. The number of rotatable bonds is 6. The van der Waals surface area contributed by atoms with Crippen LogP contribution < -0.4 is 5.32 Å². The van der Waals surface area contributed by atoms with Crippen molar-refractivity contribution in [3.63, 3.8) is 0 Å². The summed E-state index contributed by atoms with van der Waals surface area (Å²) in [6.45, 7) is 10.5. The van der Waals surface area contributed by atoms with Crippen molar-refractivity contribution in [3.05, 3.63) is 96.5 Å². The number of hydrogen-bond donors (Lipinski definition) is 1. The second-order valence-electron chi connectivity index (χ2n) is 9.25. The van der Waals surface area contributed by atoms with Crippen LogP contribution in [0.5, 0.6) is 0 Å². The molecule has 1 fully saturated rings. The molecule has 0 unspecified atom stereocenters. The lowest BCUT2D eigenvalue weighted by molar-refractivity contribution is 0.151. The molecule has 0 amide bonds. The molecule has 0 spiro atoms. The second kappa shape index (κ2) is 12.1. The molecule has 1 saturated heterocycles. The first kappa shape index (κ1) is 26.4. The van der Waals surface area contributed by atoms with Gasteiger partial charge in [-0.15, -0.1) is 0 Å². The molecule has 2 aromatic heterocycles. The molecule has 1 aliphatic heterocycles. The summed E-state index contributed by atoms with van der Waals surface area (Å²) >= 11 is 0. The van der Waals surface area contributed by atoms with Crippen LogP contribution in [0, 0.1) is 0 Å². The zero-order valence-corrected chi connectivity index (χ0v) is 21.7. The van der Waals surface area contributed by atoms with Crippen LogP contribution in [0.3, 0.4) is 0 Å². The molecule has 192 valence electrons. The Bertz CT molecular complexity index is 1360. The summed E-state index contributed by atoms with van der Waals surface area (Å²) in [4.78, 5) is 10.9. The van der Waals surface area contributed by atoms with E-state index >= 15 is 0 Å². The molecule has 5 rings (SSSR count). The van der Waals surface area contributed by atoms with Crippen LogP contribution in [-0.2, 0) is 0 Å². The van der Waals surface area contributed by atoms with E-state index < -0.39 is 6.43 Å². The molecule has 4 aromatic rings. The van der Waals surface area contributed by atoms with Crippen molar-refractivity contribution in [2.45, 2.75) is 39.0 Å². The standard InChI is InChI=1S/C29H28F2N4.C2H6/c1-19(21-4-3-5-22(12-21)20-8-10-35(2)11-9-20)34-28-15-25-13-23(6-7-24(25)18-33-28)26-14-27(29(30)31)17-32-16-26;1-2/h3-7,12-18,20,29H,1,8-11H2,2H3,(H,33,34);1-2H3. The lowest BCUT2D eigenvalue weighted by Crippen LogP contribution is -2.29. The van der Waals surface area contributed by atoms with E-state index in [9.17, 15) is 8.78 Å². The molecule has 3 heterocycles. The van der Waals surface area contributed by atoms with Crippen molar-refractivity contribution >= 4 is 22.3 Å². The highest BCUT2D eigenvalue weighted by Crippen LogP contribution is 2.31. The fourth-order valence-corrected chi connectivity index (χ4v) is 4.67. The third-order valence-electron chi connectivity index (χ3n) is 6.77. The van der Waals surface area contributed by atoms with Crippen LogP contribution in [0.4, 0.5) is 14.6 Å². The highest BCUT2D eigenvalue weighted by atomic mass is 19.3. The Kier molecular flexibility index (Phi) is 8.62. The van der Waals surface area contributed by atoms with E-state index in [1.807, 2.05) is 38.1 Å². The molecule has 0 aliphatic carbocycles. The molecule has 37 heavy (non-hydrogen) atoms. The van der Waals surface area contributed by atoms with Gasteiger partial charge in [-0.25, -0.2) is 13.8 Å². The van der Waals surface area contributed by atoms with E-state index in [0.29, 0.717) is 17.3 Å². The number of fused-ring (bicyclic) bond motifs is 1. The number of hydrogen-bond acceptors (Lipinski definition) is 4. The van der Waals surface area contributed by atoms with E-state index in [1.165, 1.54) is 30.7 Å². The molecule has 1 aliphatic rings. The number of nitrogens with zero attached hydrogens (tertiary/aromatic N) is 3. The summed E-state index contributed by atoms with van der Waals surface area (Å²) in [6.07, 6.45) is 4.40. The topological polar surface area (TPSA) is 41.1 Å². The normalized spacial score (nSPS) is 14.3. The number of anilines is 1. The average molecular weight is 501 g/mol. The van der Waals surface area contributed by atoms with Crippen molar-refractivity contribution in [1.82, 2.24) is 14.9 Å². The van der Waals surface area contributed by atoms with Gasteiger partial charge in [-0.1, -0.05) is 50.8 Å². The van der Waals surface area contributed by atoms with Gasteiger partial charge in [0.2, 0.25) is 0 Å². The van der Waals surface area contributed by atoms with E-state index in [0.717, 1.165) is 40.7 Å². The number of piperidine rings is 1. The molecular weight excluding hydrogens is 466 g/mol. The summed E-state index contributed by atoms with van der Waals surface area (Å²) in [5.74, 6) is 1.26. The summed E-state index contributed by atoms with van der Waals surface area (Å²) in [6, 6.07) is 17.8. The van der Waals surface area contributed by atoms with Gasteiger partial charge >= 0.3 is 0 Å². The van der Waals surface area contributed by atoms with Crippen molar-refractivity contribution in [1.29, 1.82) is 0 Å². The van der Waals surface area contributed by atoms with Gasteiger partial charge in [-0.2, -0.15) is 0 Å². The summed E-state index contributed by atoms with van der Waals surface area (Å²) in [5, 5.41) is 5.26. The van der Waals surface area contributed by atoms with Crippen molar-refractivity contribution in [2.24, 2.45) is 0 Å². The number of aromatic nitrogens is 2. The van der Waals surface area contributed by atoms with E-state index in [-0.39, 0.29) is 5.56 Å². The minimum atomic E-state index is -2.55. The zero-order valence-electron chi connectivity index (χ0n) is 21.7. The average Bonchev–Trinajstić information content (AvgIpc) is 2.94. The maximum Gasteiger partial charge on any atom is 0.265 e. The van der Waals surface area contributed by atoms with Crippen molar-refractivity contribution in [3.8, 4) is 11.1 Å². The predicted molar refractivity (Wildman–Crippen MR) is 150 cm³/mol. The number of halogens is 2. The number of benzene rings is 2. The Morgan fingerprint density at radius 3 is 2.49 bits per heavy atom. The van der Waals surface area contributed by atoms with Crippen LogP contribution in [0.15, 0.2) is 79.8 Å². The van der Waals surface area contributed by atoms with Gasteiger partial charge in [-0.3, -0.25) is 4.98 Å².